The van der Waals surface area contributed by atoms with Gasteiger partial charge in [-0.15, -0.1) is 0 Å². The molecule has 0 atom stereocenters. The fourth-order valence-electron chi connectivity index (χ4n) is 1.94. The van der Waals surface area contributed by atoms with Gasteiger partial charge in [0.05, 0.1) is 12.9 Å². The highest BCUT2D eigenvalue weighted by atomic mass is 35.5. The summed E-state index contributed by atoms with van der Waals surface area (Å²) in [6.45, 7) is 5.28. The van der Waals surface area contributed by atoms with Gasteiger partial charge in [0.25, 0.3) is 0 Å². The smallest absolute Gasteiger partial charge is 0.125 e. The molecule has 20 heavy (non-hydrogen) atoms. The van der Waals surface area contributed by atoms with Crippen LogP contribution in [0.5, 0.6) is 5.75 Å². The predicted molar refractivity (Wildman–Crippen MR) is 81.2 cm³/mol. The molecule has 1 aromatic carbocycles. The Hall–Kier alpha value is -1.52. The number of imidazole rings is 1. The predicted octanol–water partition coefficient (Wildman–Crippen LogP) is 3.12. The third-order valence-corrected chi connectivity index (χ3v) is 3.36. The lowest BCUT2D eigenvalue weighted by atomic mass is 10.2. The molecular formula is C15H20ClN3O. The Bertz CT molecular complexity index is 514. The molecule has 0 saturated heterocycles. The summed E-state index contributed by atoms with van der Waals surface area (Å²) >= 11 is 6.23. The highest BCUT2D eigenvalue weighted by Crippen LogP contribution is 2.26. The number of rotatable bonds is 8. The number of aryl methyl sites for hydroxylation is 1. The molecule has 108 valence electrons. The SMILES string of the molecule is CCNCc1c(Cl)cccc1OCCCn1ccnc1. The van der Waals surface area contributed by atoms with Crippen LogP contribution in [-0.2, 0) is 13.1 Å². The first-order chi connectivity index (χ1) is 9.81. The minimum absolute atomic E-state index is 0.664. The molecule has 2 aromatic rings. The molecular weight excluding hydrogens is 274 g/mol. The van der Waals surface area contributed by atoms with Gasteiger partial charge in [-0.1, -0.05) is 24.6 Å². The van der Waals surface area contributed by atoms with E-state index in [1.54, 1.807) is 6.20 Å². The zero-order valence-electron chi connectivity index (χ0n) is 11.7. The number of benzene rings is 1. The monoisotopic (exact) mass is 293 g/mol. The van der Waals surface area contributed by atoms with Gasteiger partial charge in [0.2, 0.25) is 0 Å². The molecule has 0 aliphatic rings. The van der Waals surface area contributed by atoms with Crippen LogP contribution in [0, 0.1) is 0 Å². The number of aromatic nitrogens is 2. The first-order valence-electron chi connectivity index (χ1n) is 6.88. The Balaban J connectivity index is 1.86. The van der Waals surface area contributed by atoms with Crippen LogP contribution in [-0.4, -0.2) is 22.7 Å². The van der Waals surface area contributed by atoms with Crippen molar-refractivity contribution in [2.45, 2.75) is 26.4 Å². The van der Waals surface area contributed by atoms with Gasteiger partial charge in [-0.25, -0.2) is 4.98 Å². The van der Waals surface area contributed by atoms with Crippen molar-refractivity contribution in [1.29, 1.82) is 0 Å². The normalized spacial score (nSPS) is 10.7. The number of hydrogen-bond acceptors (Lipinski definition) is 3. The first kappa shape index (κ1) is 14.9. The summed E-state index contributed by atoms with van der Waals surface area (Å²) in [4.78, 5) is 4.01. The zero-order valence-corrected chi connectivity index (χ0v) is 12.4. The molecule has 0 fully saturated rings. The van der Waals surface area contributed by atoms with E-state index < -0.39 is 0 Å². The Morgan fingerprint density at radius 2 is 2.30 bits per heavy atom. The standard InChI is InChI=1S/C15H20ClN3O/c1-2-17-11-13-14(16)5-3-6-15(13)20-10-4-8-19-9-7-18-12-19/h3,5-7,9,12,17H,2,4,8,10-11H2,1H3. The average Bonchev–Trinajstić information content (AvgIpc) is 2.96. The van der Waals surface area contributed by atoms with E-state index in [0.717, 1.165) is 42.4 Å². The highest BCUT2D eigenvalue weighted by molar-refractivity contribution is 6.31. The van der Waals surface area contributed by atoms with Gasteiger partial charge in [0.15, 0.2) is 0 Å². The molecule has 5 heteroatoms. The number of nitrogens with one attached hydrogen (secondary N) is 1. The van der Waals surface area contributed by atoms with Gasteiger partial charge in [-0.3, -0.25) is 0 Å². The largest absolute Gasteiger partial charge is 0.493 e. The molecule has 0 bridgehead atoms. The molecule has 0 unspecified atom stereocenters. The van der Waals surface area contributed by atoms with Crippen LogP contribution < -0.4 is 10.1 Å². The molecule has 0 spiro atoms. The van der Waals surface area contributed by atoms with E-state index in [0.29, 0.717) is 6.61 Å². The van der Waals surface area contributed by atoms with Crippen LogP contribution in [0.25, 0.3) is 0 Å². The molecule has 1 N–H and O–H groups in total. The van der Waals surface area contributed by atoms with Crippen molar-refractivity contribution in [2.75, 3.05) is 13.2 Å². The fourth-order valence-corrected chi connectivity index (χ4v) is 2.18. The van der Waals surface area contributed by atoms with Gasteiger partial charge in [-0.05, 0) is 25.1 Å². The third kappa shape index (κ3) is 4.25. The third-order valence-electron chi connectivity index (χ3n) is 3.01. The van der Waals surface area contributed by atoms with E-state index in [1.165, 1.54) is 0 Å². The van der Waals surface area contributed by atoms with Crippen molar-refractivity contribution >= 4 is 11.6 Å². The highest BCUT2D eigenvalue weighted by Gasteiger charge is 2.07. The molecule has 0 radical (unpaired) electrons. The quantitative estimate of drug-likeness (QED) is 0.760. The van der Waals surface area contributed by atoms with E-state index in [2.05, 4.69) is 17.2 Å². The summed E-state index contributed by atoms with van der Waals surface area (Å²) < 4.78 is 7.90. The lowest BCUT2D eigenvalue weighted by molar-refractivity contribution is 0.298. The second-order valence-electron chi connectivity index (χ2n) is 4.50. The summed E-state index contributed by atoms with van der Waals surface area (Å²) in [5, 5.41) is 4.03. The molecule has 0 aliphatic heterocycles. The van der Waals surface area contributed by atoms with Crippen LogP contribution >= 0.6 is 11.6 Å². The van der Waals surface area contributed by atoms with Gasteiger partial charge in [-0.2, -0.15) is 0 Å². The fraction of sp³-hybridized carbons (Fsp3) is 0.400. The second kappa shape index (κ2) is 7.92. The first-order valence-corrected chi connectivity index (χ1v) is 7.25. The molecule has 0 amide bonds. The van der Waals surface area contributed by atoms with E-state index >= 15 is 0 Å². The molecule has 1 aromatic heterocycles. The Kier molecular flexibility index (Phi) is 5.89. The molecule has 0 saturated carbocycles. The lowest BCUT2D eigenvalue weighted by Gasteiger charge is -2.13. The minimum atomic E-state index is 0.664. The van der Waals surface area contributed by atoms with Gasteiger partial charge >= 0.3 is 0 Å². The van der Waals surface area contributed by atoms with Gasteiger partial charge in [0, 0.05) is 36.1 Å². The molecule has 4 nitrogen and oxygen atoms in total. The topological polar surface area (TPSA) is 39.1 Å². The summed E-state index contributed by atoms with van der Waals surface area (Å²) in [5.41, 5.74) is 1.03. The average molecular weight is 294 g/mol. The van der Waals surface area contributed by atoms with Crippen LogP contribution in [0.2, 0.25) is 5.02 Å². The van der Waals surface area contributed by atoms with Gasteiger partial charge < -0.3 is 14.6 Å². The van der Waals surface area contributed by atoms with Crippen molar-refractivity contribution in [3.05, 3.63) is 47.5 Å². The maximum Gasteiger partial charge on any atom is 0.125 e. The van der Waals surface area contributed by atoms with Crippen molar-refractivity contribution < 1.29 is 4.74 Å². The summed E-state index contributed by atoms with van der Waals surface area (Å²) in [6, 6.07) is 5.78. The number of hydrogen-bond donors (Lipinski definition) is 1. The van der Waals surface area contributed by atoms with Crippen molar-refractivity contribution in [2.24, 2.45) is 0 Å². The number of halogens is 1. The summed E-state index contributed by atoms with van der Waals surface area (Å²) in [6.07, 6.45) is 6.49. The maximum absolute atomic E-state index is 6.23. The van der Waals surface area contributed by atoms with E-state index in [4.69, 9.17) is 16.3 Å². The molecule has 2 rings (SSSR count). The van der Waals surface area contributed by atoms with Crippen LogP contribution in [0.15, 0.2) is 36.9 Å². The van der Waals surface area contributed by atoms with E-state index in [1.807, 2.05) is 35.3 Å². The minimum Gasteiger partial charge on any atom is -0.493 e. The summed E-state index contributed by atoms with van der Waals surface area (Å²) in [5.74, 6) is 0.865. The van der Waals surface area contributed by atoms with Gasteiger partial charge in [0.1, 0.15) is 5.75 Å². The van der Waals surface area contributed by atoms with Crippen molar-refractivity contribution in [1.82, 2.24) is 14.9 Å². The maximum atomic E-state index is 6.23. The summed E-state index contributed by atoms with van der Waals surface area (Å²) in [7, 11) is 0. The van der Waals surface area contributed by atoms with E-state index in [9.17, 15) is 0 Å². The van der Waals surface area contributed by atoms with Crippen LogP contribution in [0.3, 0.4) is 0 Å². The molecule has 1 heterocycles. The van der Waals surface area contributed by atoms with Crippen LogP contribution in [0.1, 0.15) is 18.9 Å². The van der Waals surface area contributed by atoms with Crippen LogP contribution in [0.4, 0.5) is 0 Å². The van der Waals surface area contributed by atoms with Crippen molar-refractivity contribution in [3.8, 4) is 5.75 Å². The number of ether oxygens (including phenoxy) is 1. The molecule has 0 aliphatic carbocycles. The van der Waals surface area contributed by atoms with Crippen molar-refractivity contribution in [3.63, 3.8) is 0 Å². The lowest BCUT2D eigenvalue weighted by Crippen LogP contribution is -2.13. The Morgan fingerprint density at radius 3 is 3.05 bits per heavy atom. The zero-order chi connectivity index (χ0) is 14.2. The number of nitrogens with zero attached hydrogens (tertiary/aromatic N) is 2. The Labute approximate surface area is 124 Å². The second-order valence-corrected chi connectivity index (χ2v) is 4.91. The Morgan fingerprint density at radius 1 is 1.40 bits per heavy atom. The van der Waals surface area contributed by atoms with E-state index in [-0.39, 0.29) is 0 Å².